The average Bonchev–Trinajstić information content (AvgIpc) is 2.40. The molecule has 0 radical (unpaired) electrons. The lowest BCUT2D eigenvalue weighted by molar-refractivity contribution is 0.0597. The van der Waals surface area contributed by atoms with Gasteiger partial charge < -0.3 is 9.84 Å². The number of carbonyl (C=O) groups is 1. The highest BCUT2D eigenvalue weighted by Crippen LogP contribution is 2.15. The van der Waals surface area contributed by atoms with Crippen LogP contribution in [0.5, 0.6) is 0 Å². The van der Waals surface area contributed by atoms with E-state index in [1.54, 1.807) is 6.07 Å². The number of halogens is 1. The van der Waals surface area contributed by atoms with Gasteiger partial charge in [-0.25, -0.2) is 9.18 Å². The summed E-state index contributed by atoms with van der Waals surface area (Å²) in [7, 11) is 1.27. The lowest BCUT2D eigenvalue weighted by Gasteiger charge is -2.21. The van der Waals surface area contributed by atoms with Gasteiger partial charge in [-0.2, -0.15) is 0 Å². The molecule has 0 aliphatic carbocycles. The normalized spacial score (nSPS) is 10.8. The van der Waals surface area contributed by atoms with Crippen LogP contribution in [0.4, 0.5) is 4.39 Å². The van der Waals surface area contributed by atoms with Crippen LogP contribution in [-0.2, 0) is 11.3 Å². The Bertz CT molecular complexity index is 417. The van der Waals surface area contributed by atoms with Crippen LogP contribution in [0.15, 0.2) is 18.2 Å². The van der Waals surface area contributed by atoms with Gasteiger partial charge in [-0.15, -0.1) is 0 Å². The summed E-state index contributed by atoms with van der Waals surface area (Å²) in [6, 6.07) is 4.09. The second-order valence-electron chi connectivity index (χ2n) is 4.29. The summed E-state index contributed by atoms with van der Waals surface area (Å²) in [6.45, 7) is 3.90. The molecule has 1 aromatic carbocycles. The molecule has 0 amide bonds. The smallest absolute Gasteiger partial charge is 0.338 e. The maximum atomic E-state index is 13.2. The number of esters is 1. The summed E-state index contributed by atoms with van der Waals surface area (Å²) in [5.41, 5.74) is 0.941. The van der Waals surface area contributed by atoms with Gasteiger partial charge in [0.25, 0.3) is 0 Å². The Hall–Kier alpha value is -1.46. The van der Waals surface area contributed by atoms with E-state index in [1.165, 1.54) is 19.2 Å². The second-order valence-corrected chi connectivity index (χ2v) is 4.29. The number of methoxy groups -OCH3 is 1. The molecule has 1 rings (SSSR count). The summed E-state index contributed by atoms with van der Waals surface area (Å²) < 4.78 is 17.9. The molecule has 19 heavy (non-hydrogen) atoms. The van der Waals surface area contributed by atoms with Gasteiger partial charge in [-0.05, 0) is 30.7 Å². The van der Waals surface area contributed by atoms with Crippen molar-refractivity contribution in [3.05, 3.63) is 35.1 Å². The minimum atomic E-state index is -0.546. The van der Waals surface area contributed by atoms with Crippen molar-refractivity contribution in [1.29, 1.82) is 0 Å². The van der Waals surface area contributed by atoms with Crippen molar-refractivity contribution in [1.82, 2.24) is 4.90 Å². The summed E-state index contributed by atoms with van der Waals surface area (Å²) in [6.07, 6.45) is 0.939. The molecule has 0 bridgehead atoms. The van der Waals surface area contributed by atoms with Gasteiger partial charge in [0.05, 0.1) is 19.3 Å². The lowest BCUT2D eigenvalue weighted by atomic mass is 10.1. The quantitative estimate of drug-likeness (QED) is 0.767. The van der Waals surface area contributed by atoms with E-state index in [9.17, 15) is 9.18 Å². The number of hydrogen-bond donors (Lipinski definition) is 1. The Morgan fingerprint density at radius 1 is 1.42 bits per heavy atom. The van der Waals surface area contributed by atoms with Crippen molar-refractivity contribution in [3.63, 3.8) is 0 Å². The molecule has 0 aliphatic rings. The van der Waals surface area contributed by atoms with E-state index in [2.05, 4.69) is 4.74 Å². The third kappa shape index (κ3) is 4.61. The van der Waals surface area contributed by atoms with Crippen molar-refractivity contribution >= 4 is 5.97 Å². The van der Waals surface area contributed by atoms with Crippen molar-refractivity contribution in [2.45, 2.75) is 19.9 Å². The van der Waals surface area contributed by atoms with Crippen LogP contribution in [0.25, 0.3) is 0 Å². The molecule has 5 heteroatoms. The second kappa shape index (κ2) is 7.86. The molecule has 106 valence electrons. The predicted octanol–water partition coefficient (Wildman–Crippen LogP) is 1.82. The number of rotatable bonds is 7. The molecule has 4 nitrogen and oxygen atoms in total. The van der Waals surface area contributed by atoms with E-state index in [0.29, 0.717) is 18.7 Å². The SMILES string of the molecule is CCCN(CCO)Cc1ccc(F)cc1C(=O)OC. The molecule has 0 fully saturated rings. The Kier molecular flexibility index (Phi) is 6.45. The van der Waals surface area contributed by atoms with Gasteiger partial charge in [0.2, 0.25) is 0 Å². The third-order valence-electron chi connectivity index (χ3n) is 2.83. The van der Waals surface area contributed by atoms with Gasteiger partial charge in [-0.3, -0.25) is 4.90 Å². The van der Waals surface area contributed by atoms with E-state index < -0.39 is 11.8 Å². The summed E-state index contributed by atoms with van der Waals surface area (Å²) >= 11 is 0. The maximum absolute atomic E-state index is 13.2. The van der Waals surface area contributed by atoms with Crippen LogP contribution in [0.2, 0.25) is 0 Å². The fourth-order valence-corrected chi connectivity index (χ4v) is 1.96. The van der Waals surface area contributed by atoms with E-state index in [4.69, 9.17) is 5.11 Å². The molecule has 0 aromatic heterocycles. The van der Waals surface area contributed by atoms with Crippen LogP contribution in [0, 0.1) is 5.82 Å². The van der Waals surface area contributed by atoms with Gasteiger partial charge in [0, 0.05) is 13.1 Å². The number of benzene rings is 1. The first-order valence-electron chi connectivity index (χ1n) is 6.32. The zero-order valence-electron chi connectivity index (χ0n) is 11.4. The molecular weight excluding hydrogens is 249 g/mol. The first-order chi connectivity index (χ1) is 9.12. The molecule has 1 N–H and O–H groups in total. The fraction of sp³-hybridized carbons (Fsp3) is 0.500. The van der Waals surface area contributed by atoms with Crippen molar-refractivity contribution < 1.29 is 19.0 Å². The van der Waals surface area contributed by atoms with Crippen LogP contribution < -0.4 is 0 Å². The number of hydrogen-bond acceptors (Lipinski definition) is 4. The number of nitrogens with zero attached hydrogens (tertiary/aromatic N) is 1. The summed E-state index contributed by atoms with van der Waals surface area (Å²) in [4.78, 5) is 13.6. The molecule has 0 unspecified atom stereocenters. The van der Waals surface area contributed by atoms with Gasteiger partial charge >= 0.3 is 5.97 Å². The Labute approximate surface area is 112 Å². The summed E-state index contributed by atoms with van der Waals surface area (Å²) in [5.74, 6) is -1.01. The molecular formula is C14H20FNO3. The Morgan fingerprint density at radius 3 is 2.74 bits per heavy atom. The molecule has 0 saturated heterocycles. The molecule has 1 aromatic rings. The van der Waals surface area contributed by atoms with Gasteiger partial charge in [0.15, 0.2) is 0 Å². The topological polar surface area (TPSA) is 49.8 Å². The molecule has 0 heterocycles. The first kappa shape index (κ1) is 15.6. The minimum Gasteiger partial charge on any atom is -0.465 e. The van der Waals surface area contributed by atoms with Crippen LogP contribution in [0.1, 0.15) is 29.3 Å². The minimum absolute atomic E-state index is 0.0503. The van der Waals surface area contributed by atoms with Crippen LogP contribution in [0.3, 0.4) is 0 Å². The van der Waals surface area contributed by atoms with Gasteiger partial charge in [-0.1, -0.05) is 13.0 Å². The van der Waals surface area contributed by atoms with E-state index >= 15 is 0 Å². The first-order valence-corrected chi connectivity index (χ1v) is 6.32. The summed E-state index contributed by atoms with van der Waals surface area (Å²) in [5, 5.41) is 9.02. The zero-order valence-corrected chi connectivity index (χ0v) is 11.4. The number of aliphatic hydroxyl groups is 1. The largest absolute Gasteiger partial charge is 0.465 e. The monoisotopic (exact) mass is 269 g/mol. The Balaban J connectivity index is 2.94. The molecule has 0 spiro atoms. The fourth-order valence-electron chi connectivity index (χ4n) is 1.96. The zero-order chi connectivity index (χ0) is 14.3. The van der Waals surface area contributed by atoms with E-state index in [0.717, 1.165) is 13.0 Å². The number of ether oxygens (including phenoxy) is 1. The van der Waals surface area contributed by atoms with Crippen LogP contribution in [-0.4, -0.2) is 42.8 Å². The average molecular weight is 269 g/mol. The number of carbonyl (C=O) groups excluding carboxylic acids is 1. The predicted molar refractivity (Wildman–Crippen MR) is 70.4 cm³/mol. The molecule has 0 aliphatic heterocycles. The van der Waals surface area contributed by atoms with Crippen LogP contribution >= 0.6 is 0 Å². The standard InChI is InChI=1S/C14H20FNO3/c1-3-6-16(7-8-17)10-11-4-5-12(15)9-13(11)14(18)19-2/h4-5,9,17H,3,6-8,10H2,1-2H3. The third-order valence-corrected chi connectivity index (χ3v) is 2.83. The lowest BCUT2D eigenvalue weighted by Crippen LogP contribution is -2.28. The highest BCUT2D eigenvalue weighted by molar-refractivity contribution is 5.91. The van der Waals surface area contributed by atoms with Crippen molar-refractivity contribution in [3.8, 4) is 0 Å². The molecule has 0 atom stereocenters. The van der Waals surface area contributed by atoms with E-state index in [-0.39, 0.29) is 12.2 Å². The van der Waals surface area contributed by atoms with Crippen molar-refractivity contribution in [2.75, 3.05) is 26.8 Å². The Morgan fingerprint density at radius 2 is 2.16 bits per heavy atom. The number of aliphatic hydroxyl groups excluding tert-OH is 1. The van der Waals surface area contributed by atoms with Gasteiger partial charge in [0.1, 0.15) is 5.82 Å². The highest BCUT2D eigenvalue weighted by Gasteiger charge is 2.15. The van der Waals surface area contributed by atoms with E-state index in [1.807, 2.05) is 11.8 Å². The van der Waals surface area contributed by atoms with Crippen molar-refractivity contribution in [2.24, 2.45) is 0 Å². The highest BCUT2D eigenvalue weighted by atomic mass is 19.1. The maximum Gasteiger partial charge on any atom is 0.338 e. The molecule has 0 saturated carbocycles.